The molecule has 3 aromatic carbocycles. The Labute approximate surface area is 231 Å². The number of ether oxygens (including phenoxy) is 3. The highest BCUT2D eigenvalue weighted by Crippen LogP contribution is 2.37. The number of amides is 2. The van der Waals surface area contributed by atoms with Crippen LogP contribution in [-0.4, -0.2) is 36.0 Å². The van der Waals surface area contributed by atoms with Crippen molar-refractivity contribution in [3.63, 3.8) is 0 Å². The molecule has 4 rings (SSSR count). The van der Waals surface area contributed by atoms with Crippen molar-refractivity contribution in [1.82, 2.24) is 5.32 Å². The third-order valence-electron chi connectivity index (χ3n) is 5.46. The molecule has 0 radical (unpaired) electrons. The maximum Gasteiger partial charge on any atom is 0.270 e. The second-order valence-electron chi connectivity index (χ2n) is 8.13. The van der Waals surface area contributed by atoms with Gasteiger partial charge in [-0.25, -0.2) is 0 Å². The quantitative estimate of drug-likeness (QED) is 0.247. The topological polar surface area (TPSA) is 77.1 Å². The normalized spacial score (nSPS) is 14.1. The Kier molecular flexibility index (Phi) is 9.40. The van der Waals surface area contributed by atoms with Gasteiger partial charge in [-0.3, -0.25) is 14.5 Å². The maximum atomic E-state index is 13.2. The number of carbonyl (C=O) groups excluding carboxylic acids is 2. The second-order valence-corrected chi connectivity index (χ2v) is 9.81. The highest BCUT2D eigenvalue weighted by atomic mass is 32.2. The molecule has 2 amide bonds. The number of nitrogens with zero attached hydrogens (tertiary/aromatic N) is 1. The van der Waals surface area contributed by atoms with Crippen LogP contribution < -0.4 is 24.4 Å². The van der Waals surface area contributed by atoms with E-state index in [2.05, 4.69) is 5.32 Å². The lowest BCUT2D eigenvalue weighted by Gasteiger charge is -2.15. The van der Waals surface area contributed by atoms with Crippen molar-refractivity contribution in [2.24, 2.45) is 0 Å². The number of anilines is 1. The summed E-state index contributed by atoms with van der Waals surface area (Å²) in [6, 6.07) is 22.2. The molecule has 0 aliphatic carbocycles. The minimum atomic E-state index is -0.238. The van der Waals surface area contributed by atoms with E-state index in [-0.39, 0.29) is 18.4 Å². The Morgan fingerprint density at radius 3 is 2.39 bits per heavy atom. The minimum absolute atomic E-state index is 0.146. The summed E-state index contributed by atoms with van der Waals surface area (Å²) in [5, 5.41) is 2.84. The Bertz CT molecular complexity index is 1330. The van der Waals surface area contributed by atoms with E-state index in [1.165, 1.54) is 16.7 Å². The molecule has 1 aliphatic rings. The molecule has 1 heterocycles. The average molecular weight is 549 g/mol. The molecule has 38 heavy (non-hydrogen) atoms. The monoisotopic (exact) mass is 548 g/mol. The molecule has 0 aromatic heterocycles. The summed E-state index contributed by atoms with van der Waals surface area (Å²) in [6.45, 7) is 5.05. The van der Waals surface area contributed by atoms with Gasteiger partial charge < -0.3 is 19.5 Å². The van der Waals surface area contributed by atoms with Crippen LogP contribution in [0.2, 0.25) is 0 Å². The van der Waals surface area contributed by atoms with Crippen molar-refractivity contribution in [2.75, 3.05) is 24.7 Å². The van der Waals surface area contributed by atoms with E-state index in [4.69, 9.17) is 26.4 Å². The molecule has 1 aliphatic heterocycles. The molecule has 0 atom stereocenters. The molecule has 7 nitrogen and oxygen atoms in total. The van der Waals surface area contributed by atoms with Crippen LogP contribution in [0.4, 0.5) is 5.69 Å². The number of nitrogens with one attached hydrogen (secondary N) is 1. The van der Waals surface area contributed by atoms with Crippen molar-refractivity contribution in [3.8, 4) is 17.2 Å². The fraction of sp³-hybridized carbons (Fsp3) is 0.207. The number of hydrogen-bond donors (Lipinski definition) is 1. The van der Waals surface area contributed by atoms with Crippen LogP contribution in [0.1, 0.15) is 25.0 Å². The Morgan fingerprint density at radius 1 is 0.947 bits per heavy atom. The standard InChI is InChI=1S/C29H28N2O5S2/c1-3-34-23-13-11-22(12-14-23)31-28(33)26(38-29(31)37)17-21-10-15-24(25(16-21)35-4-2)36-19-27(32)30-18-20-8-6-5-7-9-20/h5-17H,3-4,18-19H2,1-2H3,(H,30,32)/b26-17-. The highest BCUT2D eigenvalue weighted by Gasteiger charge is 2.33. The smallest absolute Gasteiger partial charge is 0.270 e. The van der Waals surface area contributed by atoms with Crippen LogP contribution >= 0.6 is 24.0 Å². The number of carbonyl (C=O) groups is 2. The van der Waals surface area contributed by atoms with E-state index in [1.54, 1.807) is 18.2 Å². The molecule has 0 spiro atoms. The summed E-state index contributed by atoms with van der Waals surface area (Å²) < 4.78 is 17.4. The maximum absolute atomic E-state index is 13.2. The van der Waals surface area contributed by atoms with Gasteiger partial charge in [0.15, 0.2) is 22.4 Å². The van der Waals surface area contributed by atoms with E-state index < -0.39 is 0 Å². The summed E-state index contributed by atoms with van der Waals surface area (Å²) in [4.78, 5) is 27.5. The van der Waals surface area contributed by atoms with Crippen LogP contribution in [-0.2, 0) is 16.1 Å². The van der Waals surface area contributed by atoms with Gasteiger partial charge in [-0.1, -0.05) is 60.4 Å². The van der Waals surface area contributed by atoms with Gasteiger partial charge >= 0.3 is 0 Å². The average Bonchev–Trinajstić information content (AvgIpc) is 3.20. The predicted octanol–water partition coefficient (Wildman–Crippen LogP) is 5.59. The Morgan fingerprint density at radius 2 is 1.68 bits per heavy atom. The van der Waals surface area contributed by atoms with Gasteiger partial charge in [-0.2, -0.15) is 0 Å². The SMILES string of the molecule is CCOc1ccc(N2C(=O)/C(=C/c3ccc(OCC(=O)NCc4ccccc4)c(OCC)c3)SC2=S)cc1. The largest absolute Gasteiger partial charge is 0.494 e. The molecule has 0 unspecified atom stereocenters. The van der Waals surface area contributed by atoms with Crippen molar-refractivity contribution in [2.45, 2.75) is 20.4 Å². The van der Waals surface area contributed by atoms with E-state index in [0.717, 1.165) is 16.9 Å². The van der Waals surface area contributed by atoms with E-state index >= 15 is 0 Å². The van der Waals surface area contributed by atoms with E-state index in [0.29, 0.717) is 46.2 Å². The van der Waals surface area contributed by atoms with Crippen LogP contribution in [0.5, 0.6) is 17.2 Å². The Hall–Kier alpha value is -3.82. The van der Waals surface area contributed by atoms with Gasteiger partial charge in [-0.05, 0) is 67.4 Å². The van der Waals surface area contributed by atoms with Gasteiger partial charge in [0, 0.05) is 6.54 Å². The second kappa shape index (κ2) is 13.1. The lowest BCUT2D eigenvalue weighted by Crippen LogP contribution is -2.28. The fourth-order valence-electron chi connectivity index (χ4n) is 3.69. The molecular formula is C29H28N2O5S2. The van der Waals surface area contributed by atoms with E-state index in [1.807, 2.05) is 74.5 Å². The lowest BCUT2D eigenvalue weighted by molar-refractivity contribution is -0.123. The van der Waals surface area contributed by atoms with Crippen LogP contribution in [0.15, 0.2) is 77.7 Å². The van der Waals surface area contributed by atoms with Gasteiger partial charge in [-0.15, -0.1) is 0 Å². The summed E-state index contributed by atoms with van der Waals surface area (Å²) in [5.74, 6) is 1.23. The molecule has 1 N–H and O–H groups in total. The predicted molar refractivity (Wildman–Crippen MR) is 155 cm³/mol. The zero-order valence-electron chi connectivity index (χ0n) is 21.1. The first-order chi connectivity index (χ1) is 18.5. The van der Waals surface area contributed by atoms with Gasteiger partial charge in [0.25, 0.3) is 11.8 Å². The summed E-state index contributed by atoms with van der Waals surface area (Å²) in [7, 11) is 0. The van der Waals surface area contributed by atoms with Gasteiger partial charge in [0.05, 0.1) is 23.8 Å². The molecule has 3 aromatic rings. The zero-order valence-corrected chi connectivity index (χ0v) is 22.8. The number of rotatable bonds is 11. The van der Waals surface area contributed by atoms with Crippen LogP contribution in [0, 0.1) is 0 Å². The molecular weight excluding hydrogens is 520 g/mol. The first kappa shape index (κ1) is 27.2. The van der Waals surface area contributed by atoms with Crippen molar-refractivity contribution >= 4 is 51.9 Å². The number of thiocarbonyl (C=S) groups is 1. The van der Waals surface area contributed by atoms with Crippen molar-refractivity contribution in [3.05, 3.63) is 88.8 Å². The van der Waals surface area contributed by atoms with Gasteiger partial charge in [0.2, 0.25) is 0 Å². The molecule has 1 saturated heterocycles. The zero-order chi connectivity index (χ0) is 26.9. The summed E-state index contributed by atoms with van der Waals surface area (Å²) >= 11 is 6.73. The molecule has 1 fully saturated rings. The molecule has 0 bridgehead atoms. The molecule has 9 heteroatoms. The number of hydrogen-bond acceptors (Lipinski definition) is 7. The third kappa shape index (κ3) is 6.93. The lowest BCUT2D eigenvalue weighted by atomic mass is 10.1. The van der Waals surface area contributed by atoms with Crippen molar-refractivity contribution in [1.29, 1.82) is 0 Å². The minimum Gasteiger partial charge on any atom is -0.494 e. The third-order valence-corrected chi connectivity index (χ3v) is 6.76. The molecule has 0 saturated carbocycles. The summed E-state index contributed by atoms with van der Waals surface area (Å²) in [5.41, 5.74) is 2.44. The number of thioether (sulfide) groups is 1. The first-order valence-corrected chi connectivity index (χ1v) is 13.4. The molecule has 196 valence electrons. The van der Waals surface area contributed by atoms with Crippen LogP contribution in [0.25, 0.3) is 6.08 Å². The Balaban J connectivity index is 1.43. The van der Waals surface area contributed by atoms with Crippen LogP contribution in [0.3, 0.4) is 0 Å². The number of benzene rings is 3. The first-order valence-electron chi connectivity index (χ1n) is 12.2. The van der Waals surface area contributed by atoms with Gasteiger partial charge in [0.1, 0.15) is 5.75 Å². The summed E-state index contributed by atoms with van der Waals surface area (Å²) in [6.07, 6.45) is 1.77. The van der Waals surface area contributed by atoms with Crippen molar-refractivity contribution < 1.29 is 23.8 Å². The highest BCUT2D eigenvalue weighted by molar-refractivity contribution is 8.27. The van der Waals surface area contributed by atoms with E-state index in [9.17, 15) is 9.59 Å². The fourth-order valence-corrected chi connectivity index (χ4v) is 4.99.